The van der Waals surface area contributed by atoms with Gasteiger partial charge in [-0.3, -0.25) is 4.79 Å². The Labute approximate surface area is 132 Å². The van der Waals surface area contributed by atoms with Crippen LogP contribution in [0.4, 0.5) is 0 Å². The third kappa shape index (κ3) is 2.45. The summed E-state index contributed by atoms with van der Waals surface area (Å²) in [6.07, 6.45) is 7.86. The molecular formula is C19H26N2O. The van der Waals surface area contributed by atoms with Gasteiger partial charge in [-0.15, -0.1) is 0 Å². The topological polar surface area (TPSA) is 41.1 Å². The summed E-state index contributed by atoms with van der Waals surface area (Å²) in [5.41, 5.74) is 3.29. The van der Waals surface area contributed by atoms with Crippen LogP contribution in [0.5, 0.6) is 0 Å². The maximum absolute atomic E-state index is 12.4. The summed E-state index contributed by atoms with van der Waals surface area (Å²) in [7, 11) is 0. The first-order valence-corrected chi connectivity index (χ1v) is 8.86. The minimum absolute atomic E-state index is 0.260. The maximum atomic E-state index is 12.4. The van der Waals surface area contributed by atoms with Crippen molar-refractivity contribution in [3.63, 3.8) is 0 Å². The molecule has 2 fully saturated rings. The summed E-state index contributed by atoms with van der Waals surface area (Å²) in [5.74, 6) is 0.671. The molecule has 1 aromatic rings. The molecule has 3 aliphatic rings. The minimum Gasteiger partial charge on any atom is -0.353 e. The number of benzene rings is 1. The minimum atomic E-state index is 0.260. The highest BCUT2D eigenvalue weighted by Gasteiger charge is 2.44. The summed E-state index contributed by atoms with van der Waals surface area (Å²) in [4.78, 5) is 12.4. The second-order valence-corrected chi connectivity index (χ2v) is 7.42. The van der Waals surface area contributed by atoms with Crippen molar-refractivity contribution < 1.29 is 4.79 Å². The van der Waals surface area contributed by atoms with Gasteiger partial charge < -0.3 is 10.6 Å². The molecule has 4 rings (SSSR count). The first-order chi connectivity index (χ1) is 10.8. The van der Waals surface area contributed by atoms with Crippen molar-refractivity contribution in [2.24, 2.45) is 0 Å². The Bertz CT molecular complexity index is 558. The van der Waals surface area contributed by atoms with Gasteiger partial charge in [0, 0.05) is 12.5 Å². The average Bonchev–Trinajstić information content (AvgIpc) is 2.78. The molecule has 1 unspecified atom stereocenters. The molecule has 22 heavy (non-hydrogen) atoms. The van der Waals surface area contributed by atoms with Crippen molar-refractivity contribution >= 4 is 5.91 Å². The molecule has 1 saturated heterocycles. The van der Waals surface area contributed by atoms with E-state index in [1.165, 1.54) is 43.2 Å². The molecule has 1 aliphatic heterocycles. The van der Waals surface area contributed by atoms with E-state index < -0.39 is 0 Å². The lowest BCUT2D eigenvalue weighted by molar-refractivity contribution is -0.122. The van der Waals surface area contributed by atoms with Crippen LogP contribution in [-0.4, -0.2) is 25.0 Å². The Hall–Kier alpha value is -1.35. The van der Waals surface area contributed by atoms with Crippen LogP contribution in [0, 0.1) is 0 Å². The quantitative estimate of drug-likeness (QED) is 0.901. The summed E-state index contributed by atoms with van der Waals surface area (Å²) in [5, 5.41) is 6.70. The molecule has 118 valence electrons. The fraction of sp³-hybridized carbons (Fsp3) is 0.632. The molecule has 3 heteroatoms. The van der Waals surface area contributed by atoms with Crippen molar-refractivity contribution in [1.29, 1.82) is 0 Å². The van der Waals surface area contributed by atoms with E-state index in [2.05, 4.69) is 34.9 Å². The van der Waals surface area contributed by atoms with Gasteiger partial charge in [0.2, 0.25) is 5.91 Å². The summed E-state index contributed by atoms with van der Waals surface area (Å²) < 4.78 is 0. The monoisotopic (exact) mass is 298 g/mol. The average molecular weight is 298 g/mol. The highest BCUT2D eigenvalue weighted by atomic mass is 16.1. The van der Waals surface area contributed by atoms with E-state index in [1.807, 2.05) is 0 Å². The van der Waals surface area contributed by atoms with Crippen molar-refractivity contribution in [1.82, 2.24) is 10.6 Å². The van der Waals surface area contributed by atoms with Gasteiger partial charge in [0.05, 0.1) is 0 Å². The van der Waals surface area contributed by atoms with Gasteiger partial charge in [0.15, 0.2) is 0 Å². The van der Waals surface area contributed by atoms with Gasteiger partial charge in [-0.25, -0.2) is 0 Å². The van der Waals surface area contributed by atoms with E-state index in [-0.39, 0.29) is 5.91 Å². The van der Waals surface area contributed by atoms with Crippen LogP contribution < -0.4 is 10.6 Å². The third-order valence-corrected chi connectivity index (χ3v) is 6.07. The number of nitrogens with one attached hydrogen (secondary N) is 2. The Morgan fingerprint density at radius 2 is 2.00 bits per heavy atom. The maximum Gasteiger partial charge on any atom is 0.220 e. The van der Waals surface area contributed by atoms with Gasteiger partial charge in [0.25, 0.3) is 0 Å². The zero-order chi connectivity index (χ0) is 15.0. The number of carbonyl (C=O) groups is 1. The molecular weight excluding hydrogens is 272 g/mol. The lowest BCUT2D eigenvalue weighted by Crippen LogP contribution is -2.40. The fourth-order valence-electron chi connectivity index (χ4n) is 4.65. The van der Waals surface area contributed by atoms with Crippen LogP contribution >= 0.6 is 0 Å². The third-order valence-electron chi connectivity index (χ3n) is 6.07. The normalized spacial score (nSPS) is 26.5. The second-order valence-electron chi connectivity index (χ2n) is 7.42. The Kier molecular flexibility index (Phi) is 3.69. The summed E-state index contributed by atoms with van der Waals surface area (Å²) in [6, 6.07) is 9.32. The van der Waals surface area contributed by atoms with Crippen LogP contribution in [0.2, 0.25) is 0 Å². The standard InChI is InChI=1S/C19H26N2O/c22-18(21-15-4-3-5-15)12-14-13-19(8-10-20-11-9-19)17-7-2-1-6-16(14)17/h1-2,6-7,14-15,20H,3-5,8-13H2,(H,21,22). The first-order valence-electron chi connectivity index (χ1n) is 8.86. The number of rotatable bonds is 3. The van der Waals surface area contributed by atoms with E-state index >= 15 is 0 Å². The van der Waals surface area contributed by atoms with E-state index in [9.17, 15) is 4.79 Å². The van der Waals surface area contributed by atoms with Crippen LogP contribution in [0.25, 0.3) is 0 Å². The number of piperidine rings is 1. The number of fused-ring (bicyclic) bond motifs is 2. The fourth-order valence-corrected chi connectivity index (χ4v) is 4.65. The Balaban J connectivity index is 1.52. The molecule has 0 aromatic heterocycles. The molecule has 1 saturated carbocycles. The lowest BCUT2D eigenvalue weighted by atomic mass is 9.73. The van der Waals surface area contributed by atoms with E-state index in [0.29, 0.717) is 23.8 Å². The smallest absolute Gasteiger partial charge is 0.220 e. The molecule has 3 nitrogen and oxygen atoms in total. The number of hydrogen-bond acceptors (Lipinski definition) is 2. The van der Waals surface area contributed by atoms with E-state index in [0.717, 1.165) is 19.5 Å². The Morgan fingerprint density at radius 1 is 1.23 bits per heavy atom. The van der Waals surface area contributed by atoms with Gasteiger partial charge in [-0.05, 0) is 74.1 Å². The zero-order valence-corrected chi connectivity index (χ0v) is 13.2. The van der Waals surface area contributed by atoms with Gasteiger partial charge in [-0.1, -0.05) is 24.3 Å². The van der Waals surface area contributed by atoms with Crippen LogP contribution in [0.3, 0.4) is 0 Å². The predicted molar refractivity (Wildman–Crippen MR) is 88.0 cm³/mol. The van der Waals surface area contributed by atoms with E-state index in [4.69, 9.17) is 0 Å². The largest absolute Gasteiger partial charge is 0.353 e. The predicted octanol–water partition coefficient (Wildman–Crippen LogP) is 2.85. The van der Waals surface area contributed by atoms with E-state index in [1.54, 1.807) is 0 Å². The number of hydrogen-bond donors (Lipinski definition) is 2. The number of carbonyl (C=O) groups excluding carboxylic acids is 1. The first kappa shape index (κ1) is 14.3. The van der Waals surface area contributed by atoms with Crippen LogP contribution in [0.15, 0.2) is 24.3 Å². The molecule has 0 radical (unpaired) electrons. The second kappa shape index (κ2) is 5.69. The molecule has 0 bridgehead atoms. The molecule has 1 amide bonds. The highest BCUT2D eigenvalue weighted by molar-refractivity contribution is 5.77. The Morgan fingerprint density at radius 3 is 2.73 bits per heavy atom. The van der Waals surface area contributed by atoms with Gasteiger partial charge in [-0.2, -0.15) is 0 Å². The summed E-state index contributed by atoms with van der Waals surface area (Å²) >= 11 is 0. The van der Waals surface area contributed by atoms with Crippen molar-refractivity contribution in [2.75, 3.05) is 13.1 Å². The van der Waals surface area contributed by atoms with Gasteiger partial charge in [0.1, 0.15) is 0 Å². The SMILES string of the molecule is O=C(CC1CC2(CCNCC2)c2ccccc21)NC1CCC1. The van der Waals surface area contributed by atoms with Crippen LogP contribution in [0.1, 0.15) is 62.0 Å². The zero-order valence-electron chi connectivity index (χ0n) is 13.2. The highest BCUT2D eigenvalue weighted by Crippen LogP contribution is 2.51. The summed E-state index contributed by atoms with van der Waals surface area (Å²) in [6.45, 7) is 2.21. The molecule has 2 N–H and O–H groups in total. The molecule has 2 aliphatic carbocycles. The van der Waals surface area contributed by atoms with Gasteiger partial charge >= 0.3 is 0 Å². The van der Waals surface area contributed by atoms with Crippen LogP contribution in [-0.2, 0) is 10.2 Å². The molecule has 1 heterocycles. The molecule has 1 atom stereocenters. The lowest BCUT2D eigenvalue weighted by Gasteiger charge is -2.35. The van der Waals surface area contributed by atoms with Crippen molar-refractivity contribution in [3.05, 3.63) is 35.4 Å². The van der Waals surface area contributed by atoms with Crippen molar-refractivity contribution in [2.45, 2.75) is 62.3 Å². The van der Waals surface area contributed by atoms with Crippen molar-refractivity contribution in [3.8, 4) is 0 Å². The number of amides is 1. The molecule has 1 spiro atoms. The molecule has 1 aromatic carbocycles.